The van der Waals surface area contributed by atoms with Crippen molar-refractivity contribution in [1.29, 1.82) is 0 Å². The molecule has 12 heavy (non-hydrogen) atoms. The van der Waals surface area contributed by atoms with E-state index in [0.29, 0.717) is 18.1 Å². The van der Waals surface area contributed by atoms with Crippen molar-refractivity contribution in [2.45, 2.75) is 32.1 Å². The van der Waals surface area contributed by atoms with Gasteiger partial charge in [-0.05, 0) is 24.8 Å². The van der Waals surface area contributed by atoms with E-state index in [1.54, 1.807) is 0 Å². The van der Waals surface area contributed by atoms with E-state index in [9.17, 15) is 9.59 Å². The third-order valence-corrected chi connectivity index (χ3v) is 2.23. The fraction of sp³-hybridized carbons (Fsp3) is 0.600. The van der Waals surface area contributed by atoms with E-state index in [1.165, 1.54) is 6.08 Å². The van der Waals surface area contributed by atoms with Gasteiger partial charge >= 0.3 is 0 Å². The van der Waals surface area contributed by atoms with E-state index < -0.39 is 0 Å². The molecule has 0 aromatic rings. The van der Waals surface area contributed by atoms with Crippen molar-refractivity contribution in [2.24, 2.45) is 5.92 Å². The maximum Gasteiger partial charge on any atom is 0.142 e. The van der Waals surface area contributed by atoms with Crippen LogP contribution in [0.15, 0.2) is 12.2 Å². The van der Waals surface area contributed by atoms with Gasteiger partial charge in [-0.25, -0.2) is 0 Å². The first-order valence-corrected chi connectivity index (χ1v) is 4.46. The molecule has 1 rings (SSSR count). The van der Waals surface area contributed by atoms with Gasteiger partial charge in [0.05, 0.1) is 0 Å². The summed E-state index contributed by atoms with van der Waals surface area (Å²) in [7, 11) is 0. The molecule has 1 aliphatic carbocycles. The first kappa shape index (κ1) is 9.17. The van der Waals surface area contributed by atoms with Crippen molar-refractivity contribution in [2.75, 3.05) is 0 Å². The topological polar surface area (TPSA) is 34.1 Å². The lowest BCUT2D eigenvalue weighted by Crippen LogP contribution is -2.01. The van der Waals surface area contributed by atoms with Crippen LogP contribution >= 0.6 is 0 Å². The minimum absolute atomic E-state index is 0.310. The van der Waals surface area contributed by atoms with Crippen molar-refractivity contribution in [3.8, 4) is 0 Å². The number of hydrogen-bond acceptors (Lipinski definition) is 2. The quantitative estimate of drug-likeness (QED) is 0.356. The predicted molar refractivity (Wildman–Crippen MR) is 46.8 cm³/mol. The minimum atomic E-state index is 0.310. The molecule has 66 valence electrons. The largest absolute Gasteiger partial charge is 0.300 e. The van der Waals surface area contributed by atoms with Gasteiger partial charge in [0.2, 0.25) is 0 Å². The van der Waals surface area contributed by atoms with Crippen molar-refractivity contribution in [3.05, 3.63) is 12.2 Å². The second-order valence-electron chi connectivity index (χ2n) is 3.27. The average Bonchev–Trinajstić information content (AvgIpc) is 2.26. The van der Waals surface area contributed by atoms with Crippen LogP contribution in [0.4, 0.5) is 0 Å². The summed E-state index contributed by atoms with van der Waals surface area (Å²) in [5, 5.41) is 0. The number of allylic oxidation sites excluding steroid dienone is 2. The fourth-order valence-corrected chi connectivity index (χ4v) is 1.59. The molecule has 0 amide bonds. The lowest BCUT2D eigenvalue weighted by atomic mass is 10.00. The van der Waals surface area contributed by atoms with Crippen LogP contribution in [0.2, 0.25) is 0 Å². The highest BCUT2D eigenvalue weighted by Crippen LogP contribution is 2.21. The third-order valence-electron chi connectivity index (χ3n) is 2.23. The van der Waals surface area contributed by atoms with E-state index in [4.69, 9.17) is 0 Å². The average molecular weight is 166 g/mol. The summed E-state index contributed by atoms with van der Waals surface area (Å²) < 4.78 is 0. The molecular weight excluding hydrogens is 152 g/mol. The molecule has 0 radical (unpaired) electrons. The predicted octanol–water partition coefficient (Wildman–Crippen LogP) is 1.89. The summed E-state index contributed by atoms with van der Waals surface area (Å²) in [6.45, 7) is 0. The molecule has 1 unspecified atom stereocenters. The number of Topliss-reactive ketones (excluding diaryl/α,β-unsaturated/α-hetero) is 1. The van der Waals surface area contributed by atoms with Gasteiger partial charge in [-0.3, -0.25) is 9.59 Å². The van der Waals surface area contributed by atoms with Gasteiger partial charge in [-0.1, -0.05) is 12.5 Å². The maximum absolute atomic E-state index is 11.1. The molecule has 0 aromatic heterocycles. The zero-order valence-corrected chi connectivity index (χ0v) is 7.16. The van der Waals surface area contributed by atoms with Crippen LogP contribution in [0, 0.1) is 5.92 Å². The number of ketones is 1. The number of rotatable bonds is 2. The lowest BCUT2D eigenvalue weighted by Gasteiger charge is -2.05. The Kier molecular flexibility index (Phi) is 3.71. The molecule has 0 saturated heterocycles. The Labute approximate surface area is 72.7 Å². The number of carbonyl (C=O) groups is 2. The Morgan fingerprint density at radius 3 is 2.92 bits per heavy atom. The van der Waals surface area contributed by atoms with Gasteiger partial charge < -0.3 is 0 Å². The first-order chi connectivity index (χ1) is 5.83. The van der Waals surface area contributed by atoms with Crippen molar-refractivity contribution < 1.29 is 9.59 Å². The summed E-state index contributed by atoms with van der Waals surface area (Å²) >= 11 is 0. The molecule has 1 aliphatic rings. The zero-order chi connectivity index (χ0) is 8.81. The molecule has 0 N–H and O–H groups in total. The van der Waals surface area contributed by atoms with Crippen molar-refractivity contribution in [1.82, 2.24) is 0 Å². The molecule has 0 heterocycles. The van der Waals surface area contributed by atoms with E-state index in [2.05, 4.69) is 0 Å². The normalized spacial score (nSPS) is 25.7. The van der Waals surface area contributed by atoms with E-state index >= 15 is 0 Å². The van der Waals surface area contributed by atoms with Crippen molar-refractivity contribution in [3.63, 3.8) is 0 Å². The van der Waals surface area contributed by atoms with Crippen LogP contribution in [0.5, 0.6) is 0 Å². The molecule has 0 aromatic carbocycles. The Balaban J connectivity index is 2.46. The highest BCUT2D eigenvalue weighted by molar-refractivity contribution is 5.79. The molecule has 0 spiro atoms. The molecule has 1 fully saturated rings. The minimum Gasteiger partial charge on any atom is -0.300 e. The Hall–Kier alpha value is -0.920. The highest BCUT2D eigenvalue weighted by Gasteiger charge is 2.14. The monoisotopic (exact) mass is 166 g/mol. The maximum atomic E-state index is 11.1. The van der Waals surface area contributed by atoms with Gasteiger partial charge in [0.15, 0.2) is 0 Å². The van der Waals surface area contributed by atoms with E-state index in [1.807, 2.05) is 6.08 Å². The molecule has 0 bridgehead atoms. The summed E-state index contributed by atoms with van der Waals surface area (Å²) in [5.41, 5.74) is 0. The smallest absolute Gasteiger partial charge is 0.142 e. The van der Waals surface area contributed by atoms with Crippen LogP contribution in [0.1, 0.15) is 32.1 Å². The molecule has 2 heteroatoms. The summed E-state index contributed by atoms with van der Waals surface area (Å²) in [6.07, 6.45) is 8.67. The first-order valence-electron chi connectivity index (χ1n) is 4.46. The second-order valence-corrected chi connectivity index (χ2v) is 3.27. The van der Waals surface area contributed by atoms with Gasteiger partial charge in [0.1, 0.15) is 12.1 Å². The van der Waals surface area contributed by atoms with Crippen LogP contribution in [-0.2, 0) is 9.59 Å². The molecular formula is C10H14O2. The Morgan fingerprint density at radius 2 is 2.17 bits per heavy atom. The molecule has 1 atom stereocenters. The van der Waals surface area contributed by atoms with Gasteiger partial charge in [-0.2, -0.15) is 0 Å². The molecule has 2 nitrogen and oxygen atoms in total. The lowest BCUT2D eigenvalue weighted by molar-refractivity contribution is -0.119. The SMILES string of the molecule is O=C/C=C/C1CCCCC(=O)C1. The van der Waals surface area contributed by atoms with Crippen LogP contribution in [0.3, 0.4) is 0 Å². The van der Waals surface area contributed by atoms with Gasteiger partial charge in [0, 0.05) is 12.8 Å². The van der Waals surface area contributed by atoms with Crippen LogP contribution < -0.4 is 0 Å². The standard InChI is InChI=1S/C10H14O2/c11-7-3-5-9-4-1-2-6-10(12)8-9/h3,5,7,9H,1-2,4,6,8H2/b5-3+. The zero-order valence-electron chi connectivity index (χ0n) is 7.16. The van der Waals surface area contributed by atoms with Gasteiger partial charge in [-0.15, -0.1) is 0 Å². The highest BCUT2D eigenvalue weighted by atomic mass is 16.1. The second kappa shape index (κ2) is 4.86. The van der Waals surface area contributed by atoms with Gasteiger partial charge in [0.25, 0.3) is 0 Å². The van der Waals surface area contributed by atoms with E-state index in [-0.39, 0.29) is 0 Å². The Bertz CT molecular complexity index is 194. The van der Waals surface area contributed by atoms with Crippen LogP contribution in [-0.4, -0.2) is 12.1 Å². The number of hydrogen-bond donors (Lipinski definition) is 0. The fourth-order valence-electron chi connectivity index (χ4n) is 1.59. The van der Waals surface area contributed by atoms with E-state index in [0.717, 1.165) is 32.0 Å². The Morgan fingerprint density at radius 1 is 1.33 bits per heavy atom. The summed E-state index contributed by atoms with van der Waals surface area (Å²) in [6, 6.07) is 0. The van der Waals surface area contributed by atoms with Crippen LogP contribution in [0.25, 0.3) is 0 Å². The summed E-state index contributed by atoms with van der Waals surface area (Å²) in [5.74, 6) is 0.651. The molecule has 1 saturated carbocycles. The molecule has 0 aliphatic heterocycles. The number of carbonyl (C=O) groups excluding carboxylic acids is 2. The summed E-state index contributed by atoms with van der Waals surface area (Å²) in [4.78, 5) is 21.2. The van der Waals surface area contributed by atoms with Crippen molar-refractivity contribution >= 4 is 12.1 Å². The third kappa shape index (κ3) is 2.99. The number of aldehydes is 1.